The molecule has 1 aromatic carbocycles. The molecule has 0 saturated carbocycles. The van der Waals surface area contributed by atoms with E-state index in [2.05, 4.69) is 20.9 Å². The van der Waals surface area contributed by atoms with E-state index in [1.165, 1.54) is 0 Å². The summed E-state index contributed by atoms with van der Waals surface area (Å²) in [6, 6.07) is 4.92. The molecule has 0 saturated heterocycles. The van der Waals surface area contributed by atoms with E-state index in [0.29, 0.717) is 15.8 Å². The zero-order chi connectivity index (χ0) is 16.1. The molecule has 116 valence electrons. The van der Waals surface area contributed by atoms with Gasteiger partial charge in [0.15, 0.2) is 11.4 Å². The van der Waals surface area contributed by atoms with E-state index < -0.39 is 23.5 Å². The fraction of sp³-hybridized carbons (Fsp3) is 0.231. The van der Waals surface area contributed by atoms with Crippen LogP contribution in [-0.2, 0) is 12.7 Å². The molecule has 0 radical (unpaired) electrons. The summed E-state index contributed by atoms with van der Waals surface area (Å²) >= 11 is 3.26. The molecule has 5 nitrogen and oxygen atoms in total. The van der Waals surface area contributed by atoms with Crippen LogP contribution in [0.25, 0.3) is 11.4 Å². The van der Waals surface area contributed by atoms with Gasteiger partial charge in [-0.05, 0) is 18.2 Å². The van der Waals surface area contributed by atoms with Gasteiger partial charge in [0.25, 0.3) is 5.91 Å². The van der Waals surface area contributed by atoms with E-state index in [-0.39, 0.29) is 19.0 Å². The number of halogens is 4. The summed E-state index contributed by atoms with van der Waals surface area (Å²) in [5, 5.41) is 0. The Morgan fingerprint density at radius 1 is 1.41 bits per heavy atom. The second kappa shape index (κ2) is 5.01. The number of benzene rings is 1. The quantitative estimate of drug-likeness (QED) is 0.832. The van der Waals surface area contributed by atoms with E-state index in [9.17, 15) is 18.0 Å². The average molecular weight is 376 g/mol. The Hall–Kier alpha value is -2.03. The minimum absolute atomic E-state index is 0.00919. The molecule has 22 heavy (non-hydrogen) atoms. The Kier molecular flexibility index (Phi) is 3.39. The predicted molar refractivity (Wildman–Crippen MR) is 74.4 cm³/mol. The number of ether oxygens (including phenoxy) is 1. The summed E-state index contributed by atoms with van der Waals surface area (Å²) < 4.78 is 46.9. The van der Waals surface area contributed by atoms with Crippen molar-refractivity contribution in [3.63, 3.8) is 0 Å². The molecule has 1 aliphatic rings. The first-order valence-corrected chi connectivity index (χ1v) is 6.98. The molecule has 2 aromatic rings. The van der Waals surface area contributed by atoms with E-state index in [1.54, 1.807) is 18.2 Å². The molecule has 0 bridgehead atoms. The maximum Gasteiger partial charge on any atom is 0.433 e. The summed E-state index contributed by atoms with van der Waals surface area (Å²) in [5.74, 6) is -0.808. The zero-order valence-electron chi connectivity index (χ0n) is 10.9. The van der Waals surface area contributed by atoms with E-state index in [1.807, 2.05) is 0 Å². The number of nitrogens with two attached hydrogens (primary N) is 1. The Morgan fingerprint density at radius 2 is 2.14 bits per heavy atom. The SMILES string of the molecule is NC(=O)c1nc2n(c1C(F)(F)F)CCOc1ccc(Br)cc1-2. The number of carbonyl (C=O) groups is 1. The first-order chi connectivity index (χ1) is 10.3. The van der Waals surface area contributed by atoms with Gasteiger partial charge in [0.1, 0.15) is 18.2 Å². The van der Waals surface area contributed by atoms with Crippen molar-refractivity contribution in [2.75, 3.05) is 6.61 Å². The zero-order valence-corrected chi connectivity index (χ0v) is 12.5. The Morgan fingerprint density at radius 3 is 2.77 bits per heavy atom. The normalized spacial score (nSPS) is 13.8. The molecule has 0 unspecified atom stereocenters. The van der Waals surface area contributed by atoms with Crippen molar-refractivity contribution in [2.24, 2.45) is 5.73 Å². The number of amides is 1. The number of carbonyl (C=O) groups excluding carboxylic acids is 1. The highest BCUT2D eigenvalue weighted by Crippen LogP contribution is 2.40. The number of nitrogens with zero attached hydrogens (tertiary/aromatic N) is 2. The van der Waals surface area contributed by atoms with Crippen molar-refractivity contribution in [3.05, 3.63) is 34.1 Å². The van der Waals surface area contributed by atoms with Crippen LogP contribution in [0, 0.1) is 0 Å². The summed E-state index contributed by atoms with van der Waals surface area (Å²) in [7, 11) is 0. The molecule has 1 aliphatic heterocycles. The van der Waals surface area contributed by atoms with Gasteiger partial charge in [-0.25, -0.2) is 4.98 Å². The number of fused-ring (bicyclic) bond motifs is 3. The van der Waals surface area contributed by atoms with E-state index in [0.717, 1.165) is 4.57 Å². The molecular weight excluding hydrogens is 367 g/mol. The maximum absolute atomic E-state index is 13.3. The van der Waals surface area contributed by atoms with Crippen LogP contribution in [0.1, 0.15) is 16.2 Å². The van der Waals surface area contributed by atoms with Crippen LogP contribution in [0.2, 0.25) is 0 Å². The van der Waals surface area contributed by atoms with Gasteiger partial charge in [-0.2, -0.15) is 13.2 Å². The number of rotatable bonds is 1. The first kappa shape index (κ1) is 14.9. The number of aromatic nitrogens is 2. The van der Waals surface area contributed by atoms with Crippen LogP contribution in [0.15, 0.2) is 22.7 Å². The first-order valence-electron chi connectivity index (χ1n) is 6.19. The third-order valence-corrected chi connectivity index (χ3v) is 3.72. The number of imidazole rings is 1. The highest BCUT2D eigenvalue weighted by atomic mass is 79.9. The minimum atomic E-state index is -4.74. The molecular formula is C13H9BrF3N3O2. The lowest BCUT2D eigenvalue weighted by atomic mass is 10.2. The van der Waals surface area contributed by atoms with Crippen molar-refractivity contribution >= 4 is 21.8 Å². The van der Waals surface area contributed by atoms with Gasteiger partial charge in [-0.1, -0.05) is 15.9 Å². The molecule has 3 rings (SSSR count). The van der Waals surface area contributed by atoms with Crippen molar-refractivity contribution in [2.45, 2.75) is 12.7 Å². The van der Waals surface area contributed by atoms with Gasteiger partial charge < -0.3 is 15.0 Å². The van der Waals surface area contributed by atoms with Crippen LogP contribution >= 0.6 is 15.9 Å². The van der Waals surface area contributed by atoms with Crippen molar-refractivity contribution in [3.8, 4) is 17.1 Å². The number of hydrogen-bond acceptors (Lipinski definition) is 3. The van der Waals surface area contributed by atoms with Gasteiger partial charge in [-0.3, -0.25) is 4.79 Å². The van der Waals surface area contributed by atoms with Crippen molar-refractivity contribution < 1.29 is 22.7 Å². The Labute approximate surface area is 131 Å². The molecule has 0 atom stereocenters. The van der Waals surface area contributed by atoms with Crippen LogP contribution < -0.4 is 10.5 Å². The highest BCUT2D eigenvalue weighted by molar-refractivity contribution is 9.10. The maximum atomic E-state index is 13.3. The Bertz CT molecular complexity index is 771. The monoisotopic (exact) mass is 375 g/mol. The highest BCUT2D eigenvalue weighted by Gasteiger charge is 2.42. The third kappa shape index (κ3) is 2.35. The molecule has 0 fully saturated rings. The van der Waals surface area contributed by atoms with Gasteiger partial charge in [0.05, 0.1) is 12.1 Å². The smallest absolute Gasteiger partial charge is 0.433 e. The summed E-state index contributed by atoms with van der Waals surface area (Å²) in [6.07, 6.45) is -4.74. The molecule has 2 N–H and O–H groups in total. The lowest BCUT2D eigenvalue weighted by Gasteiger charge is -2.11. The fourth-order valence-electron chi connectivity index (χ4n) is 2.39. The number of alkyl halides is 3. The van der Waals surface area contributed by atoms with Gasteiger partial charge in [0, 0.05) is 4.47 Å². The van der Waals surface area contributed by atoms with E-state index in [4.69, 9.17) is 10.5 Å². The number of hydrogen-bond donors (Lipinski definition) is 1. The molecule has 0 spiro atoms. The molecule has 9 heteroatoms. The second-order valence-corrected chi connectivity index (χ2v) is 5.55. The lowest BCUT2D eigenvalue weighted by molar-refractivity contribution is -0.143. The van der Waals surface area contributed by atoms with Gasteiger partial charge in [0.2, 0.25) is 0 Å². The topological polar surface area (TPSA) is 70.1 Å². The number of primary amides is 1. The summed E-state index contributed by atoms with van der Waals surface area (Å²) in [6.45, 7) is -0.0595. The lowest BCUT2D eigenvalue weighted by Crippen LogP contribution is -2.22. The third-order valence-electron chi connectivity index (χ3n) is 3.22. The fourth-order valence-corrected chi connectivity index (χ4v) is 2.75. The molecule has 2 heterocycles. The second-order valence-electron chi connectivity index (χ2n) is 4.64. The predicted octanol–water partition coefficient (Wildman–Crippen LogP) is 2.82. The minimum Gasteiger partial charge on any atom is -0.491 e. The van der Waals surface area contributed by atoms with Crippen molar-refractivity contribution in [1.29, 1.82) is 0 Å². The summed E-state index contributed by atoms with van der Waals surface area (Å²) in [5.41, 5.74) is 3.49. The average Bonchev–Trinajstić information content (AvgIpc) is 2.72. The summed E-state index contributed by atoms with van der Waals surface area (Å²) in [4.78, 5) is 15.2. The molecule has 1 amide bonds. The molecule has 1 aromatic heterocycles. The van der Waals surface area contributed by atoms with Crippen molar-refractivity contribution in [1.82, 2.24) is 9.55 Å². The van der Waals surface area contributed by atoms with Gasteiger partial charge >= 0.3 is 6.18 Å². The van der Waals surface area contributed by atoms with Crippen LogP contribution in [0.5, 0.6) is 5.75 Å². The van der Waals surface area contributed by atoms with Crippen LogP contribution in [-0.4, -0.2) is 22.1 Å². The van der Waals surface area contributed by atoms with E-state index >= 15 is 0 Å². The Balaban J connectivity index is 2.34. The standard InChI is InChI=1S/C13H9BrF3N3O2/c14-6-1-2-8-7(5-6)12-19-9(11(18)21)10(13(15,16)17)20(12)3-4-22-8/h1-2,5H,3-4H2,(H2,18,21). The van der Waals surface area contributed by atoms with Gasteiger partial charge in [-0.15, -0.1) is 0 Å². The van der Waals surface area contributed by atoms with Crippen LogP contribution in [0.3, 0.4) is 0 Å². The van der Waals surface area contributed by atoms with Crippen LogP contribution in [0.4, 0.5) is 13.2 Å². The molecule has 0 aliphatic carbocycles. The largest absolute Gasteiger partial charge is 0.491 e.